The van der Waals surface area contributed by atoms with Crippen molar-refractivity contribution in [2.75, 3.05) is 38.6 Å². The highest BCUT2D eigenvalue weighted by Gasteiger charge is 2.17. The molecule has 3 nitrogen and oxygen atoms in total. The van der Waals surface area contributed by atoms with Crippen LogP contribution in [0.3, 0.4) is 0 Å². The first-order chi connectivity index (χ1) is 8.15. The van der Waals surface area contributed by atoms with Gasteiger partial charge in [-0.25, -0.2) is 0 Å². The summed E-state index contributed by atoms with van der Waals surface area (Å²) in [5, 5.41) is 4.07. The van der Waals surface area contributed by atoms with Crippen LogP contribution in [0.5, 0.6) is 0 Å². The lowest BCUT2D eigenvalue weighted by molar-refractivity contribution is -0.0117. The number of ether oxygens (including phenoxy) is 1. The van der Waals surface area contributed by atoms with E-state index < -0.39 is 0 Å². The van der Waals surface area contributed by atoms with E-state index in [1.165, 1.54) is 0 Å². The minimum atomic E-state index is 0.246. The highest BCUT2D eigenvalue weighted by Crippen LogP contribution is 2.25. The molecule has 1 aromatic carbocycles. The van der Waals surface area contributed by atoms with Crippen LogP contribution >= 0.6 is 27.5 Å². The molecule has 1 saturated heterocycles. The Morgan fingerprint density at radius 1 is 1.59 bits per heavy atom. The number of halogens is 2. The van der Waals surface area contributed by atoms with Gasteiger partial charge < -0.3 is 15.0 Å². The fourth-order valence-electron chi connectivity index (χ4n) is 1.83. The Bertz CT molecular complexity index is 389. The fraction of sp³-hybridized carbons (Fsp3) is 0.500. The van der Waals surface area contributed by atoms with Gasteiger partial charge in [0.1, 0.15) is 0 Å². The van der Waals surface area contributed by atoms with Crippen LogP contribution in [-0.4, -0.2) is 44.3 Å². The van der Waals surface area contributed by atoms with E-state index in [9.17, 15) is 0 Å². The molecule has 0 spiro atoms. The van der Waals surface area contributed by atoms with Crippen molar-refractivity contribution in [3.8, 4) is 0 Å². The molecule has 5 heteroatoms. The number of likely N-dealkylation sites (N-methyl/N-ethyl adjacent to an activating group) is 1. The summed E-state index contributed by atoms with van der Waals surface area (Å²) in [6.07, 6.45) is 0.246. The first-order valence-corrected chi connectivity index (χ1v) is 6.81. The second-order valence-electron chi connectivity index (χ2n) is 4.26. The number of anilines is 1. The van der Waals surface area contributed by atoms with Crippen molar-refractivity contribution in [2.45, 2.75) is 6.10 Å². The molecule has 1 aromatic rings. The molecule has 0 amide bonds. The van der Waals surface area contributed by atoms with Crippen molar-refractivity contribution in [1.82, 2.24) is 4.90 Å². The number of rotatable bonds is 3. The van der Waals surface area contributed by atoms with Gasteiger partial charge in [-0.2, -0.15) is 0 Å². The van der Waals surface area contributed by atoms with Gasteiger partial charge in [-0.1, -0.05) is 11.6 Å². The van der Waals surface area contributed by atoms with Crippen molar-refractivity contribution in [1.29, 1.82) is 0 Å². The molecular formula is C12H16BrClN2O. The maximum Gasteiger partial charge on any atom is 0.0874 e. The highest BCUT2D eigenvalue weighted by molar-refractivity contribution is 9.10. The second-order valence-corrected chi connectivity index (χ2v) is 5.53. The molecule has 0 aliphatic carbocycles. The van der Waals surface area contributed by atoms with E-state index in [0.29, 0.717) is 0 Å². The van der Waals surface area contributed by atoms with Gasteiger partial charge in [0.2, 0.25) is 0 Å². The van der Waals surface area contributed by atoms with Gasteiger partial charge in [0.25, 0.3) is 0 Å². The summed E-state index contributed by atoms with van der Waals surface area (Å²) in [6, 6.07) is 5.86. The summed E-state index contributed by atoms with van der Waals surface area (Å²) in [6.45, 7) is 3.60. The van der Waals surface area contributed by atoms with E-state index in [0.717, 1.165) is 41.4 Å². The lowest BCUT2D eigenvalue weighted by atomic mass is 10.2. The van der Waals surface area contributed by atoms with Crippen LogP contribution in [0.4, 0.5) is 5.69 Å². The van der Waals surface area contributed by atoms with E-state index in [-0.39, 0.29) is 6.10 Å². The molecule has 0 bridgehead atoms. The Labute approximate surface area is 115 Å². The lowest BCUT2D eigenvalue weighted by Gasteiger charge is -2.30. The molecule has 1 unspecified atom stereocenters. The first-order valence-electron chi connectivity index (χ1n) is 5.64. The molecule has 1 N–H and O–H groups in total. The fourth-order valence-corrected chi connectivity index (χ4v) is 2.26. The molecule has 0 aromatic heterocycles. The number of benzene rings is 1. The first kappa shape index (κ1) is 13.1. The summed E-state index contributed by atoms with van der Waals surface area (Å²) < 4.78 is 6.59. The smallest absolute Gasteiger partial charge is 0.0874 e. The van der Waals surface area contributed by atoms with Crippen LogP contribution in [0.2, 0.25) is 5.02 Å². The number of morpholine rings is 1. The van der Waals surface area contributed by atoms with Crippen molar-refractivity contribution >= 4 is 33.2 Å². The normalized spacial score (nSPS) is 21.5. The highest BCUT2D eigenvalue weighted by atomic mass is 79.9. The third-order valence-electron chi connectivity index (χ3n) is 2.80. The number of hydrogen-bond acceptors (Lipinski definition) is 3. The number of hydrogen-bond donors (Lipinski definition) is 1. The zero-order valence-corrected chi connectivity index (χ0v) is 12.1. The maximum atomic E-state index is 6.03. The Balaban J connectivity index is 1.86. The van der Waals surface area contributed by atoms with E-state index in [2.05, 4.69) is 33.2 Å². The van der Waals surface area contributed by atoms with Gasteiger partial charge in [0, 0.05) is 29.8 Å². The molecule has 94 valence electrons. The number of nitrogens with one attached hydrogen (secondary N) is 1. The van der Waals surface area contributed by atoms with Crippen molar-refractivity contribution in [3.05, 3.63) is 27.7 Å². The third kappa shape index (κ3) is 3.85. The van der Waals surface area contributed by atoms with E-state index in [4.69, 9.17) is 16.3 Å². The molecule has 1 aliphatic heterocycles. The van der Waals surface area contributed by atoms with Gasteiger partial charge in [0.05, 0.1) is 17.7 Å². The van der Waals surface area contributed by atoms with E-state index in [1.807, 2.05) is 18.2 Å². The van der Waals surface area contributed by atoms with E-state index >= 15 is 0 Å². The Morgan fingerprint density at radius 3 is 3.12 bits per heavy atom. The zero-order valence-electron chi connectivity index (χ0n) is 9.75. The van der Waals surface area contributed by atoms with Gasteiger partial charge in [-0.3, -0.25) is 0 Å². The average Bonchev–Trinajstić information content (AvgIpc) is 2.31. The SMILES string of the molecule is CN1CCOC(CNc2ccc(Br)c(Cl)c2)C1. The summed E-state index contributed by atoms with van der Waals surface area (Å²) in [4.78, 5) is 2.28. The second kappa shape index (κ2) is 6.05. The summed E-state index contributed by atoms with van der Waals surface area (Å²) in [5.74, 6) is 0. The average molecular weight is 320 g/mol. The Kier molecular flexibility index (Phi) is 4.68. The van der Waals surface area contributed by atoms with Crippen molar-refractivity contribution in [3.63, 3.8) is 0 Å². The zero-order chi connectivity index (χ0) is 12.3. The molecular weight excluding hydrogens is 304 g/mol. The van der Waals surface area contributed by atoms with Crippen LogP contribution in [0, 0.1) is 0 Å². The predicted octanol–water partition coefficient (Wildman–Crippen LogP) is 2.85. The van der Waals surface area contributed by atoms with Crippen molar-refractivity contribution < 1.29 is 4.74 Å². The molecule has 0 saturated carbocycles. The standard InChI is InChI=1S/C12H16BrClN2O/c1-16-4-5-17-10(8-16)7-15-9-2-3-11(13)12(14)6-9/h2-3,6,10,15H,4-5,7-8H2,1H3. The largest absolute Gasteiger partial charge is 0.382 e. The maximum absolute atomic E-state index is 6.03. The van der Waals surface area contributed by atoms with E-state index in [1.54, 1.807) is 0 Å². The van der Waals surface area contributed by atoms with Gasteiger partial charge in [-0.15, -0.1) is 0 Å². The van der Waals surface area contributed by atoms with Crippen molar-refractivity contribution in [2.24, 2.45) is 0 Å². The molecule has 1 heterocycles. The van der Waals surface area contributed by atoms with Gasteiger partial charge in [0.15, 0.2) is 0 Å². The topological polar surface area (TPSA) is 24.5 Å². The molecule has 1 aliphatic rings. The number of nitrogens with zero attached hydrogens (tertiary/aromatic N) is 1. The molecule has 1 fully saturated rings. The van der Waals surface area contributed by atoms with Crippen LogP contribution in [0.25, 0.3) is 0 Å². The Hall–Kier alpha value is -0.290. The monoisotopic (exact) mass is 318 g/mol. The summed E-state index contributed by atoms with van der Waals surface area (Å²) in [5.41, 5.74) is 1.02. The molecule has 0 radical (unpaired) electrons. The van der Waals surface area contributed by atoms with Crippen LogP contribution in [0.1, 0.15) is 0 Å². The summed E-state index contributed by atoms with van der Waals surface area (Å²) >= 11 is 9.41. The quantitative estimate of drug-likeness (QED) is 0.927. The molecule has 1 atom stereocenters. The lowest BCUT2D eigenvalue weighted by Crippen LogP contribution is -2.43. The van der Waals surface area contributed by atoms with Crippen LogP contribution in [0.15, 0.2) is 22.7 Å². The Morgan fingerprint density at radius 2 is 2.41 bits per heavy atom. The molecule has 17 heavy (non-hydrogen) atoms. The van der Waals surface area contributed by atoms with Gasteiger partial charge in [-0.05, 0) is 41.2 Å². The molecule has 2 rings (SSSR count). The minimum Gasteiger partial charge on any atom is -0.382 e. The minimum absolute atomic E-state index is 0.246. The predicted molar refractivity (Wildman–Crippen MR) is 74.9 cm³/mol. The summed E-state index contributed by atoms with van der Waals surface area (Å²) in [7, 11) is 2.12. The van der Waals surface area contributed by atoms with Gasteiger partial charge >= 0.3 is 0 Å². The van der Waals surface area contributed by atoms with Crippen LogP contribution < -0.4 is 5.32 Å². The van der Waals surface area contributed by atoms with Crippen LogP contribution in [-0.2, 0) is 4.74 Å². The third-order valence-corrected chi connectivity index (χ3v) is 4.03.